The molecule has 1 aliphatic heterocycles. The minimum absolute atomic E-state index is 0.152. The highest BCUT2D eigenvalue weighted by Crippen LogP contribution is 2.13. The van der Waals surface area contributed by atoms with Gasteiger partial charge in [0.2, 0.25) is 10.0 Å². The first-order valence-electron chi connectivity index (χ1n) is 4.80. The molecule has 1 saturated heterocycles. The summed E-state index contributed by atoms with van der Waals surface area (Å²) >= 11 is 0. The molecule has 0 spiro atoms. The zero-order valence-corrected chi connectivity index (χ0v) is 9.12. The van der Waals surface area contributed by atoms with Crippen LogP contribution in [0.25, 0.3) is 0 Å². The van der Waals surface area contributed by atoms with Crippen LogP contribution in [0.5, 0.6) is 0 Å². The van der Waals surface area contributed by atoms with E-state index >= 15 is 0 Å². The molecule has 0 saturated carbocycles. The molecule has 1 unspecified atom stereocenters. The molecule has 88 valence electrons. The van der Waals surface area contributed by atoms with Gasteiger partial charge in [-0.25, -0.2) is 13.1 Å². The Morgan fingerprint density at radius 3 is 2.73 bits per heavy atom. The second-order valence-electron chi connectivity index (χ2n) is 3.48. The summed E-state index contributed by atoms with van der Waals surface area (Å²) in [6, 6.07) is 0. The Hall–Kier alpha value is -0.660. The number of nitrogens with one attached hydrogen (secondary N) is 1. The first kappa shape index (κ1) is 12.4. The van der Waals surface area contributed by atoms with Gasteiger partial charge in [0.05, 0.1) is 11.9 Å². The van der Waals surface area contributed by atoms with E-state index in [-0.39, 0.29) is 11.9 Å². The number of aliphatic carboxylic acids is 1. The molecule has 2 N–H and O–H groups in total. The summed E-state index contributed by atoms with van der Waals surface area (Å²) in [6.45, 7) is 0.00811. The summed E-state index contributed by atoms with van der Waals surface area (Å²) < 4.78 is 29.9. The number of rotatable bonds is 5. The first-order valence-corrected chi connectivity index (χ1v) is 6.45. The van der Waals surface area contributed by atoms with Gasteiger partial charge in [0.25, 0.3) is 0 Å². The lowest BCUT2D eigenvalue weighted by Gasteiger charge is -2.22. The third-order valence-corrected chi connectivity index (χ3v) is 3.52. The van der Waals surface area contributed by atoms with Gasteiger partial charge in [0, 0.05) is 6.61 Å². The van der Waals surface area contributed by atoms with Gasteiger partial charge in [0.15, 0.2) is 0 Å². The van der Waals surface area contributed by atoms with Crippen molar-refractivity contribution in [1.29, 1.82) is 0 Å². The van der Waals surface area contributed by atoms with Gasteiger partial charge < -0.3 is 9.84 Å². The second-order valence-corrected chi connectivity index (χ2v) is 5.34. The van der Waals surface area contributed by atoms with Crippen molar-refractivity contribution in [3.8, 4) is 0 Å². The van der Waals surface area contributed by atoms with Crippen LogP contribution in [0.15, 0.2) is 0 Å². The largest absolute Gasteiger partial charge is 0.480 e. The fraction of sp³-hybridized carbons (Fsp3) is 0.875. The van der Waals surface area contributed by atoms with Gasteiger partial charge in [-0.15, -0.1) is 0 Å². The average molecular weight is 237 g/mol. The SMILES string of the molecule is O=C(O)CNS(=O)(=O)CC1CCCCO1. The Bertz CT molecular complexity index is 307. The fourth-order valence-electron chi connectivity index (χ4n) is 1.41. The van der Waals surface area contributed by atoms with Crippen LogP contribution < -0.4 is 4.72 Å². The van der Waals surface area contributed by atoms with Gasteiger partial charge >= 0.3 is 5.97 Å². The molecule has 1 atom stereocenters. The molecular formula is C8H15NO5S. The van der Waals surface area contributed by atoms with E-state index in [1.54, 1.807) is 0 Å². The Kier molecular flexibility index (Phi) is 4.49. The minimum Gasteiger partial charge on any atom is -0.480 e. The molecular weight excluding hydrogens is 222 g/mol. The number of carbonyl (C=O) groups is 1. The van der Waals surface area contributed by atoms with E-state index in [9.17, 15) is 13.2 Å². The lowest BCUT2D eigenvalue weighted by molar-refractivity contribution is -0.135. The van der Waals surface area contributed by atoms with Crippen molar-refractivity contribution in [3.63, 3.8) is 0 Å². The van der Waals surface area contributed by atoms with Crippen molar-refractivity contribution < 1.29 is 23.1 Å². The number of carboxylic acids is 1. The maximum absolute atomic E-state index is 11.3. The quantitative estimate of drug-likeness (QED) is 0.676. The molecule has 0 aliphatic carbocycles. The Labute approximate surface area is 88.7 Å². The molecule has 1 heterocycles. The topological polar surface area (TPSA) is 92.7 Å². The van der Waals surface area contributed by atoms with Crippen molar-refractivity contribution in [1.82, 2.24) is 4.72 Å². The van der Waals surface area contributed by atoms with Crippen LogP contribution in [0.4, 0.5) is 0 Å². The van der Waals surface area contributed by atoms with E-state index < -0.39 is 22.5 Å². The molecule has 1 rings (SSSR count). The molecule has 0 amide bonds. The number of carboxylic acid groups (broad SMARTS) is 1. The van der Waals surface area contributed by atoms with Crippen LogP contribution in [-0.2, 0) is 19.6 Å². The van der Waals surface area contributed by atoms with Crippen molar-refractivity contribution in [2.24, 2.45) is 0 Å². The minimum atomic E-state index is -3.53. The Morgan fingerprint density at radius 2 is 2.20 bits per heavy atom. The summed E-state index contributed by atoms with van der Waals surface area (Å²) in [5, 5.41) is 8.32. The highest BCUT2D eigenvalue weighted by Gasteiger charge is 2.22. The van der Waals surface area contributed by atoms with E-state index in [0.29, 0.717) is 13.0 Å². The molecule has 1 aliphatic rings. The van der Waals surface area contributed by atoms with Gasteiger partial charge in [-0.05, 0) is 19.3 Å². The smallest absolute Gasteiger partial charge is 0.318 e. The molecule has 0 bridgehead atoms. The van der Waals surface area contributed by atoms with E-state index in [1.165, 1.54) is 0 Å². The second kappa shape index (κ2) is 5.43. The summed E-state index contributed by atoms with van der Waals surface area (Å²) in [4.78, 5) is 10.2. The summed E-state index contributed by atoms with van der Waals surface area (Å²) in [6.07, 6.45) is 2.33. The molecule has 6 nitrogen and oxygen atoms in total. The number of sulfonamides is 1. The van der Waals surface area contributed by atoms with Crippen LogP contribution in [0.3, 0.4) is 0 Å². The standard InChI is InChI=1S/C8H15NO5S/c10-8(11)5-9-15(12,13)6-7-3-1-2-4-14-7/h7,9H,1-6H2,(H,10,11). The van der Waals surface area contributed by atoms with E-state index in [1.807, 2.05) is 4.72 Å². The number of ether oxygens (including phenoxy) is 1. The predicted molar refractivity (Wildman–Crippen MR) is 53.0 cm³/mol. The van der Waals surface area contributed by atoms with Gasteiger partial charge in [0.1, 0.15) is 6.54 Å². The Morgan fingerprint density at radius 1 is 1.47 bits per heavy atom. The molecule has 0 aromatic rings. The Balaban J connectivity index is 2.37. The third-order valence-electron chi connectivity index (χ3n) is 2.12. The van der Waals surface area contributed by atoms with Crippen LogP contribution >= 0.6 is 0 Å². The molecule has 0 aromatic carbocycles. The predicted octanol–water partition coefficient (Wildman–Crippen LogP) is -0.440. The maximum atomic E-state index is 11.3. The maximum Gasteiger partial charge on any atom is 0.318 e. The van der Waals surface area contributed by atoms with E-state index in [4.69, 9.17) is 9.84 Å². The zero-order chi connectivity index (χ0) is 11.3. The first-order chi connectivity index (χ1) is 6.99. The molecule has 7 heteroatoms. The monoisotopic (exact) mass is 237 g/mol. The zero-order valence-electron chi connectivity index (χ0n) is 8.31. The average Bonchev–Trinajstić information content (AvgIpc) is 2.16. The highest BCUT2D eigenvalue weighted by atomic mass is 32.2. The summed E-state index contributed by atoms with van der Waals surface area (Å²) in [7, 11) is -3.53. The van der Waals surface area contributed by atoms with E-state index in [2.05, 4.69) is 0 Å². The molecule has 0 aromatic heterocycles. The van der Waals surface area contributed by atoms with Crippen LogP contribution in [0.2, 0.25) is 0 Å². The van der Waals surface area contributed by atoms with Crippen LogP contribution in [-0.4, -0.2) is 44.5 Å². The van der Waals surface area contributed by atoms with Gasteiger partial charge in [-0.3, -0.25) is 4.79 Å². The summed E-state index contributed by atoms with van der Waals surface area (Å²) in [5.41, 5.74) is 0. The molecule has 0 radical (unpaired) electrons. The van der Waals surface area contributed by atoms with Gasteiger partial charge in [-0.1, -0.05) is 0 Å². The molecule has 1 fully saturated rings. The number of hydrogen-bond acceptors (Lipinski definition) is 4. The fourth-order valence-corrected chi connectivity index (χ4v) is 2.63. The van der Waals surface area contributed by atoms with Crippen molar-refractivity contribution in [2.75, 3.05) is 18.9 Å². The van der Waals surface area contributed by atoms with Crippen LogP contribution in [0.1, 0.15) is 19.3 Å². The number of hydrogen-bond donors (Lipinski definition) is 2. The van der Waals surface area contributed by atoms with Crippen molar-refractivity contribution >= 4 is 16.0 Å². The molecule has 15 heavy (non-hydrogen) atoms. The van der Waals surface area contributed by atoms with Crippen molar-refractivity contribution in [2.45, 2.75) is 25.4 Å². The third kappa shape index (κ3) is 5.10. The lowest BCUT2D eigenvalue weighted by Crippen LogP contribution is -2.37. The summed E-state index contributed by atoms with van der Waals surface area (Å²) in [5.74, 6) is -1.34. The lowest BCUT2D eigenvalue weighted by atomic mass is 10.1. The van der Waals surface area contributed by atoms with Crippen LogP contribution in [0, 0.1) is 0 Å². The van der Waals surface area contributed by atoms with Gasteiger partial charge in [-0.2, -0.15) is 0 Å². The van der Waals surface area contributed by atoms with E-state index in [0.717, 1.165) is 12.8 Å². The highest BCUT2D eigenvalue weighted by molar-refractivity contribution is 7.89. The van der Waals surface area contributed by atoms with Crippen molar-refractivity contribution in [3.05, 3.63) is 0 Å². The normalized spacial score (nSPS) is 22.5.